The molecule has 1 aliphatic heterocycles. The lowest BCUT2D eigenvalue weighted by atomic mass is 10.1. The lowest BCUT2D eigenvalue weighted by Gasteiger charge is -2.17. The van der Waals surface area contributed by atoms with E-state index >= 15 is 0 Å². The van der Waals surface area contributed by atoms with Gasteiger partial charge in [0.1, 0.15) is 0 Å². The van der Waals surface area contributed by atoms with Crippen molar-refractivity contribution in [3.63, 3.8) is 0 Å². The van der Waals surface area contributed by atoms with Crippen LogP contribution in [0.15, 0.2) is 18.2 Å². The lowest BCUT2D eigenvalue weighted by Crippen LogP contribution is -2.17. The van der Waals surface area contributed by atoms with Crippen molar-refractivity contribution in [1.29, 1.82) is 0 Å². The Labute approximate surface area is 93.6 Å². The van der Waals surface area contributed by atoms with Crippen molar-refractivity contribution in [3.8, 4) is 0 Å². The summed E-state index contributed by atoms with van der Waals surface area (Å²) in [4.78, 5) is 11.2. The highest BCUT2D eigenvalue weighted by molar-refractivity contribution is 6.00. The van der Waals surface area contributed by atoms with Gasteiger partial charge in [0, 0.05) is 17.5 Å². The summed E-state index contributed by atoms with van der Waals surface area (Å²) in [6, 6.07) is 6.09. The molecule has 0 N–H and O–H groups in total. The summed E-state index contributed by atoms with van der Waals surface area (Å²) < 4.78 is 7.65. The number of aldehydes is 1. The lowest BCUT2D eigenvalue weighted by molar-refractivity contribution is 0.0849. The van der Waals surface area contributed by atoms with Crippen LogP contribution in [-0.2, 0) is 17.9 Å². The fourth-order valence-electron chi connectivity index (χ4n) is 2.53. The molecule has 2 heterocycles. The first kappa shape index (κ1) is 9.60. The highest BCUT2D eigenvalue weighted by Crippen LogP contribution is 2.29. The summed E-state index contributed by atoms with van der Waals surface area (Å²) in [5.41, 5.74) is 4.21. The Morgan fingerprint density at radius 3 is 3.12 bits per heavy atom. The molecule has 0 spiro atoms. The van der Waals surface area contributed by atoms with Gasteiger partial charge in [-0.25, -0.2) is 0 Å². The van der Waals surface area contributed by atoms with Crippen LogP contribution < -0.4 is 0 Å². The molecule has 1 aromatic carbocycles. The van der Waals surface area contributed by atoms with E-state index in [1.54, 1.807) is 0 Å². The number of fused-ring (bicyclic) bond motifs is 3. The van der Waals surface area contributed by atoms with Gasteiger partial charge in [-0.05, 0) is 12.5 Å². The van der Waals surface area contributed by atoms with Crippen molar-refractivity contribution in [2.75, 3.05) is 6.61 Å². The van der Waals surface area contributed by atoms with Gasteiger partial charge in [-0.2, -0.15) is 0 Å². The third-order valence-corrected chi connectivity index (χ3v) is 3.25. The Morgan fingerprint density at radius 1 is 1.44 bits per heavy atom. The first-order chi connectivity index (χ1) is 7.83. The average molecular weight is 215 g/mol. The normalized spacial score (nSPS) is 15.1. The number of benzene rings is 1. The average Bonchev–Trinajstić information content (AvgIpc) is 2.64. The van der Waals surface area contributed by atoms with Crippen molar-refractivity contribution in [3.05, 3.63) is 35.0 Å². The first-order valence-corrected chi connectivity index (χ1v) is 5.46. The third kappa shape index (κ3) is 1.15. The van der Waals surface area contributed by atoms with E-state index in [0.29, 0.717) is 6.61 Å². The van der Waals surface area contributed by atoms with Crippen LogP contribution in [0, 0.1) is 6.92 Å². The van der Waals surface area contributed by atoms with Crippen molar-refractivity contribution in [2.24, 2.45) is 0 Å². The molecule has 3 nitrogen and oxygen atoms in total. The van der Waals surface area contributed by atoms with E-state index in [-0.39, 0.29) is 0 Å². The summed E-state index contributed by atoms with van der Waals surface area (Å²) >= 11 is 0. The molecule has 3 rings (SSSR count). The molecule has 0 radical (unpaired) electrons. The summed E-state index contributed by atoms with van der Waals surface area (Å²) in [7, 11) is 0. The van der Waals surface area contributed by atoms with Crippen molar-refractivity contribution in [1.82, 2.24) is 4.57 Å². The molecule has 0 aliphatic carbocycles. The zero-order chi connectivity index (χ0) is 11.1. The van der Waals surface area contributed by atoms with E-state index in [1.165, 1.54) is 11.1 Å². The Bertz CT molecular complexity index is 569. The number of nitrogens with zero attached hydrogens (tertiary/aromatic N) is 1. The minimum absolute atomic E-state index is 0.544. The molecule has 0 atom stereocenters. The second-order valence-electron chi connectivity index (χ2n) is 4.15. The first-order valence-electron chi connectivity index (χ1n) is 5.46. The third-order valence-electron chi connectivity index (χ3n) is 3.25. The SMILES string of the molecule is Cc1cccc2c(C=O)c3n(c12)CCOC3. The number of carbonyl (C=O) groups excluding carboxylic acids is 1. The van der Waals surface area contributed by atoms with Crippen molar-refractivity contribution >= 4 is 17.2 Å². The quantitative estimate of drug-likeness (QED) is 0.683. The predicted octanol–water partition coefficient (Wildman–Crippen LogP) is 2.29. The van der Waals surface area contributed by atoms with Crippen LogP contribution in [0.1, 0.15) is 21.6 Å². The summed E-state index contributed by atoms with van der Waals surface area (Å²) in [6.07, 6.45) is 0.947. The zero-order valence-corrected chi connectivity index (χ0v) is 9.19. The standard InChI is InChI=1S/C13H13NO2/c1-9-3-2-4-10-11(7-15)12-8-16-6-5-14(12)13(9)10/h2-4,7H,5-6,8H2,1H3. The number of para-hydroxylation sites is 1. The molecule has 0 fully saturated rings. The largest absolute Gasteiger partial charge is 0.373 e. The second-order valence-corrected chi connectivity index (χ2v) is 4.15. The molecule has 0 unspecified atom stereocenters. The number of ether oxygens (including phenoxy) is 1. The van der Waals surface area contributed by atoms with Gasteiger partial charge in [0.05, 0.1) is 24.4 Å². The Morgan fingerprint density at radius 2 is 2.31 bits per heavy atom. The van der Waals surface area contributed by atoms with E-state index in [2.05, 4.69) is 17.6 Å². The van der Waals surface area contributed by atoms with Gasteiger partial charge < -0.3 is 9.30 Å². The predicted molar refractivity (Wildman–Crippen MR) is 61.7 cm³/mol. The van der Waals surface area contributed by atoms with Crippen LogP contribution in [0.5, 0.6) is 0 Å². The summed E-state index contributed by atoms with van der Waals surface area (Å²) in [6.45, 7) is 4.19. The molecule has 0 bridgehead atoms. The summed E-state index contributed by atoms with van der Waals surface area (Å²) in [5.74, 6) is 0. The zero-order valence-electron chi connectivity index (χ0n) is 9.19. The molecule has 2 aromatic rings. The Balaban J connectivity index is 2.46. The van der Waals surface area contributed by atoms with Crippen LogP contribution in [0.4, 0.5) is 0 Å². The van der Waals surface area contributed by atoms with Crippen LogP contribution in [-0.4, -0.2) is 17.5 Å². The molecule has 1 aliphatic rings. The highest BCUT2D eigenvalue weighted by Gasteiger charge is 2.20. The van der Waals surface area contributed by atoms with Gasteiger partial charge in [-0.1, -0.05) is 18.2 Å². The van der Waals surface area contributed by atoms with Crippen LogP contribution >= 0.6 is 0 Å². The fraction of sp³-hybridized carbons (Fsp3) is 0.308. The van der Waals surface area contributed by atoms with E-state index in [4.69, 9.17) is 4.74 Å². The van der Waals surface area contributed by atoms with E-state index < -0.39 is 0 Å². The Kier molecular flexibility index (Phi) is 2.07. The topological polar surface area (TPSA) is 31.2 Å². The molecule has 3 heteroatoms. The van der Waals surface area contributed by atoms with E-state index in [0.717, 1.165) is 36.1 Å². The number of hydrogen-bond acceptors (Lipinski definition) is 2. The molecule has 1 aromatic heterocycles. The number of hydrogen-bond donors (Lipinski definition) is 0. The number of carbonyl (C=O) groups is 1. The van der Waals surface area contributed by atoms with Crippen LogP contribution in [0.25, 0.3) is 10.9 Å². The fourth-order valence-corrected chi connectivity index (χ4v) is 2.53. The van der Waals surface area contributed by atoms with E-state index in [1.807, 2.05) is 12.1 Å². The Hall–Kier alpha value is -1.61. The van der Waals surface area contributed by atoms with Gasteiger partial charge in [0.2, 0.25) is 0 Å². The van der Waals surface area contributed by atoms with E-state index in [9.17, 15) is 4.79 Å². The van der Waals surface area contributed by atoms with Gasteiger partial charge in [0.15, 0.2) is 6.29 Å². The monoisotopic (exact) mass is 215 g/mol. The maximum Gasteiger partial charge on any atom is 0.152 e. The van der Waals surface area contributed by atoms with Gasteiger partial charge in [-0.15, -0.1) is 0 Å². The van der Waals surface area contributed by atoms with Crippen molar-refractivity contribution in [2.45, 2.75) is 20.1 Å². The minimum Gasteiger partial charge on any atom is -0.373 e. The molecular weight excluding hydrogens is 202 g/mol. The van der Waals surface area contributed by atoms with Crippen LogP contribution in [0.2, 0.25) is 0 Å². The van der Waals surface area contributed by atoms with Crippen molar-refractivity contribution < 1.29 is 9.53 Å². The molecular formula is C13H13NO2. The number of rotatable bonds is 1. The van der Waals surface area contributed by atoms with Crippen LogP contribution in [0.3, 0.4) is 0 Å². The maximum atomic E-state index is 11.2. The van der Waals surface area contributed by atoms with Gasteiger partial charge >= 0.3 is 0 Å². The second kappa shape index (κ2) is 3.46. The highest BCUT2D eigenvalue weighted by atomic mass is 16.5. The molecule has 0 saturated heterocycles. The van der Waals surface area contributed by atoms with Gasteiger partial charge in [0.25, 0.3) is 0 Å². The molecule has 82 valence electrons. The maximum absolute atomic E-state index is 11.2. The molecule has 0 amide bonds. The molecule has 0 saturated carbocycles. The number of aryl methyl sites for hydroxylation is 1. The molecule has 16 heavy (non-hydrogen) atoms. The van der Waals surface area contributed by atoms with Gasteiger partial charge in [-0.3, -0.25) is 4.79 Å². The summed E-state index contributed by atoms with van der Waals surface area (Å²) in [5, 5.41) is 1.05. The smallest absolute Gasteiger partial charge is 0.152 e. The number of aromatic nitrogens is 1. The minimum atomic E-state index is 0.544.